The van der Waals surface area contributed by atoms with Crippen molar-refractivity contribution in [2.75, 3.05) is 13.1 Å². The van der Waals surface area contributed by atoms with Gasteiger partial charge < -0.3 is 4.98 Å². The van der Waals surface area contributed by atoms with Crippen LogP contribution in [0, 0.1) is 19.7 Å². The maximum Gasteiger partial charge on any atom is 0.253 e. The highest BCUT2D eigenvalue weighted by Crippen LogP contribution is 2.30. The molecule has 1 N–H and O–H groups in total. The summed E-state index contributed by atoms with van der Waals surface area (Å²) in [5.41, 5.74) is 4.46. The van der Waals surface area contributed by atoms with Crippen molar-refractivity contribution in [1.82, 2.24) is 30.1 Å². The number of nitrogens with zero attached hydrogens (tertiary/aromatic N) is 5. The lowest BCUT2D eigenvalue weighted by atomic mass is 9.99. The minimum atomic E-state index is -0.366. The minimum Gasteiger partial charge on any atom is -0.321 e. The molecule has 4 aromatic rings. The third kappa shape index (κ3) is 4.30. The average molecular weight is 447 g/mol. The number of tetrazole rings is 1. The lowest BCUT2D eigenvalue weighted by Crippen LogP contribution is -2.38. The van der Waals surface area contributed by atoms with Gasteiger partial charge in [-0.3, -0.25) is 9.69 Å². The first kappa shape index (κ1) is 21.5. The van der Waals surface area contributed by atoms with Gasteiger partial charge >= 0.3 is 0 Å². The Morgan fingerprint density at radius 3 is 2.58 bits per heavy atom. The lowest BCUT2D eigenvalue weighted by Gasteiger charge is -2.33. The molecular formula is C25H27FN6O. The number of benzene rings is 2. The standard InChI is InChI=1S/C25H27FN6O/c1-16-12-17(2)22-19(13-16)14-21(25(33)27-22)23(31-10-4-3-5-11-31)24-28-29-30-32(24)15-18-6-8-20(26)9-7-18/h6-9,12-14,23H,3-5,10-11,15H2,1-2H3,(H,27,33). The van der Waals surface area contributed by atoms with Crippen molar-refractivity contribution in [2.24, 2.45) is 0 Å². The maximum absolute atomic E-state index is 13.4. The van der Waals surface area contributed by atoms with E-state index in [1.807, 2.05) is 13.0 Å². The van der Waals surface area contributed by atoms with E-state index in [2.05, 4.69) is 44.5 Å². The topological polar surface area (TPSA) is 79.7 Å². The fraction of sp³-hybridized carbons (Fsp3) is 0.360. The first-order chi connectivity index (χ1) is 16.0. The molecule has 0 spiro atoms. The summed E-state index contributed by atoms with van der Waals surface area (Å²) in [6.07, 6.45) is 3.32. The number of hydrogen-bond donors (Lipinski definition) is 1. The SMILES string of the molecule is Cc1cc(C)c2[nH]c(=O)c(C(c3nnnn3Cc3ccc(F)cc3)N3CCCCC3)cc2c1. The Morgan fingerprint density at radius 2 is 1.82 bits per heavy atom. The van der Waals surface area contributed by atoms with E-state index in [0.717, 1.165) is 53.5 Å². The Kier molecular flexibility index (Phi) is 5.76. The number of H-pyrrole nitrogens is 1. The third-order valence-electron chi connectivity index (χ3n) is 6.42. The zero-order valence-electron chi connectivity index (χ0n) is 18.9. The second-order valence-electron chi connectivity index (χ2n) is 8.92. The van der Waals surface area contributed by atoms with Crippen LogP contribution in [0.25, 0.3) is 10.9 Å². The molecule has 1 aliphatic rings. The number of fused-ring (bicyclic) bond motifs is 1. The van der Waals surface area contributed by atoms with E-state index in [0.29, 0.717) is 17.9 Å². The van der Waals surface area contributed by atoms with Crippen molar-refractivity contribution in [1.29, 1.82) is 0 Å². The molecule has 0 radical (unpaired) electrons. The van der Waals surface area contributed by atoms with Crippen LogP contribution in [-0.2, 0) is 6.54 Å². The summed E-state index contributed by atoms with van der Waals surface area (Å²) in [6.45, 7) is 6.21. The number of aromatic amines is 1. The summed E-state index contributed by atoms with van der Waals surface area (Å²) in [4.78, 5) is 18.8. The molecule has 3 heterocycles. The van der Waals surface area contributed by atoms with Crippen LogP contribution in [-0.4, -0.2) is 43.2 Å². The van der Waals surface area contributed by atoms with Gasteiger partial charge in [0.05, 0.1) is 12.1 Å². The van der Waals surface area contributed by atoms with E-state index in [1.54, 1.807) is 16.8 Å². The quantitative estimate of drug-likeness (QED) is 0.503. The molecule has 5 rings (SSSR count). The number of pyridine rings is 1. The summed E-state index contributed by atoms with van der Waals surface area (Å²) in [6, 6.07) is 12.1. The monoisotopic (exact) mass is 446 g/mol. The molecule has 1 fully saturated rings. The number of likely N-dealkylation sites (tertiary alicyclic amines) is 1. The molecule has 1 atom stereocenters. The highest BCUT2D eigenvalue weighted by Gasteiger charge is 2.31. The lowest BCUT2D eigenvalue weighted by molar-refractivity contribution is 0.177. The van der Waals surface area contributed by atoms with Crippen LogP contribution in [0.5, 0.6) is 0 Å². The Bertz CT molecular complexity index is 1340. The number of aromatic nitrogens is 5. The van der Waals surface area contributed by atoms with Gasteiger partial charge in [-0.1, -0.05) is 30.2 Å². The van der Waals surface area contributed by atoms with Crippen molar-refractivity contribution in [3.05, 3.63) is 86.7 Å². The molecule has 2 aromatic heterocycles. The normalized spacial score (nSPS) is 15.7. The molecule has 1 aliphatic heterocycles. The largest absolute Gasteiger partial charge is 0.321 e. The van der Waals surface area contributed by atoms with Crippen LogP contribution in [0.3, 0.4) is 0 Å². The molecule has 0 saturated carbocycles. The van der Waals surface area contributed by atoms with Crippen molar-refractivity contribution < 1.29 is 4.39 Å². The molecule has 33 heavy (non-hydrogen) atoms. The van der Waals surface area contributed by atoms with E-state index in [1.165, 1.54) is 18.6 Å². The zero-order valence-corrected chi connectivity index (χ0v) is 18.9. The first-order valence-electron chi connectivity index (χ1n) is 11.4. The fourth-order valence-corrected chi connectivity index (χ4v) is 4.87. The van der Waals surface area contributed by atoms with Crippen LogP contribution in [0.1, 0.15) is 53.4 Å². The minimum absolute atomic E-state index is 0.124. The van der Waals surface area contributed by atoms with E-state index in [-0.39, 0.29) is 17.4 Å². The van der Waals surface area contributed by atoms with E-state index in [9.17, 15) is 9.18 Å². The summed E-state index contributed by atoms with van der Waals surface area (Å²) < 4.78 is 15.1. The summed E-state index contributed by atoms with van der Waals surface area (Å²) >= 11 is 0. The van der Waals surface area contributed by atoms with Crippen LogP contribution in [0.15, 0.2) is 47.3 Å². The van der Waals surface area contributed by atoms with E-state index >= 15 is 0 Å². The van der Waals surface area contributed by atoms with Gasteiger partial charge in [0, 0.05) is 5.56 Å². The van der Waals surface area contributed by atoms with Gasteiger partial charge in [0.2, 0.25) is 0 Å². The second-order valence-corrected chi connectivity index (χ2v) is 8.92. The molecule has 1 unspecified atom stereocenters. The Morgan fingerprint density at radius 1 is 1.06 bits per heavy atom. The molecule has 8 heteroatoms. The van der Waals surface area contributed by atoms with Crippen molar-refractivity contribution in [2.45, 2.75) is 45.7 Å². The van der Waals surface area contributed by atoms with Crippen molar-refractivity contribution in [3.8, 4) is 0 Å². The van der Waals surface area contributed by atoms with Crippen LogP contribution in [0.2, 0.25) is 0 Å². The number of piperidine rings is 1. The number of hydrogen-bond acceptors (Lipinski definition) is 5. The molecule has 2 aromatic carbocycles. The molecule has 7 nitrogen and oxygen atoms in total. The van der Waals surface area contributed by atoms with Crippen LogP contribution < -0.4 is 5.56 Å². The summed E-state index contributed by atoms with van der Waals surface area (Å²) in [7, 11) is 0. The number of halogens is 1. The average Bonchev–Trinajstić information content (AvgIpc) is 3.25. The predicted octanol–water partition coefficient (Wildman–Crippen LogP) is 3.89. The number of rotatable bonds is 5. The highest BCUT2D eigenvalue weighted by atomic mass is 19.1. The molecule has 0 bridgehead atoms. The first-order valence-corrected chi connectivity index (χ1v) is 11.4. The van der Waals surface area contributed by atoms with Gasteiger partial charge in [0.1, 0.15) is 11.9 Å². The molecule has 0 aliphatic carbocycles. The van der Waals surface area contributed by atoms with Gasteiger partial charge in [-0.05, 0) is 91.0 Å². The van der Waals surface area contributed by atoms with Gasteiger partial charge in [-0.2, -0.15) is 0 Å². The summed E-state index contributed by atoms with van der Waals surface area (Å²) in [5.74, 6) is 0.339. The predicted molar refractivity (Wildman–Crippen MR) is 125 cm³/mol. The molecule has 1 saturated heterocycles. The van der Waals surface area contributed by atoms with Crippen molar-refractivity contribution >= 4 is 10.9 Å². The Labute approximate surface area is 191 Å². The van der Waals surface area contributed by atoms with Gasteiger partial charge in [-0.25, -0.2) is 9.07 Å². The summed E-state index contributed by atoms with van der Waals surface area (Å²) in [5, 5.41) is 13.5. The zero-order chi connectivity index (χ0) is 22.9. The number of nitrogens with one attached hydrogen (secondary N) is 1. The molecule has 0 amide bonds. The Hall–Kier alpha value is -3.39. The fourth-order valence-electron chi connectivity index (χ4n) is 4.87. The Balaban J connectivity index is 1.63. The van der Waals surface area contributed by atoms with Gasteiger partial charge in [-0.15, -0.1) is 5.10 Å². The second kappa shape index (κ2) is 8.86. The molecular weight excluding hydrogens is 419 g/mol. The van der Waals surface area contributed by atoms with Gasteiger partial charge in [0.25, 0.3) is 5.56 Å². The number of aryl methyl sites for hydroxylation is 2. The van der Waals surface area contributed by atoms with Crippen LogP contribution >= 0.6 is 0 Å². The van der Waals surface area contributed by atoms with E-state index in [4.69, 9.17) is 0 Å². The maximum atomic E-state index is 13.4. The van der Waals surface area contributed by atoms with Crippen LogP contribution in [0.4, 0.5) is 4.39 Å². The highest BCUT2D eigenvalue weighted by molar-refractivity contribution is 5.83. The smallest absolute Gasteiger partial charge is 0.253 e. The van der Waals surface area contributed by atoms with E-state index < -0.39 is 0 Å². The van der Waals surface area contributed by atoms with Crippen molar-refractivity contribution in [3.63, 3.8) is 0 Å². The third-order valence-corrected chi connectivity index (χ3v) is 6.42. The van der Waals surface area contributed by atoms with Gasteiger partial charge in [0.15, 0.2) is 5.82 Å². The molecule has 170 valence electrons.